The van der Waals surface area contributed by atoms with Crippen LogP contribution in [0, 0.1) is 6.92 Å². The van der Waals surface area contributed by atoms with Crippen LogP contribution < -0.4 is 5.32 Å². The summed E-state index contributed by atoms with van der Waals surface area (Å²) in [6, 6.07) is 0.00667. The molecule has 0 aromatic carbocycles. The number of carbonyl (C=O) groups is 1. The summed E-state index contributed by atoms with van der Waals surface area (Å²) in [7, 11) is 1.90. The molecule has 0 bridgehead atoms. The van der Waals surface area contributed by atoms with E-state index in [1.807, 2.05) is 25.6 Å². The predicted molar refractivity (Wildman–Crippen MR) is 69.1 cm³/mol. The molecule has 0 saturated heterocycles. The molecular weight excluding hydrogens is 238 g/mol. The molecule has 1 aromatic rings. The Morgan fingerprint density at radius 1 is 1.59 bits per heavy atom. The number of aromatic nitrogens is 2. The largest absolute Gasteiger partial charge is 0.349 e. The smallest absolute Gasteiger partial charge is 0.220 e. The highest BCUT2D eigenvalue weighted by Gasteiger charge is 2.13. The van der Waals surface area contributed by atoms with Crippen LogP contribution in [0.3, 0.4) is 0 Å². The second kappa shape index (κ2) is 6.64. The Balaban J connectivity index is 2.46. The fourth-order valence-electron chi connectivity index (χ4n) is 1.71. The van der Waals surface area contributed by atoms with Gasteiger partial charge in [-0.25, -0.2) is 0 Å². The minimum absolute atomic E-state index is 0.00667. The zero-order chi connectivity index (χ0) is 12.8. The number of rotatable bonds is 6. The molecule has 5 heteroatoms. The molecule has 1 N–H and O–H groups in total. The maximum atomic E-state index is 11.6. The molecule has 0 aliphatic heterocycles. The molecule has 96 valence electrons. The van der Waals surface area contributed by atoms with Crippen molar-refractivity contribution in [1.82, 2.24) is 15.1 Å². The SMILES string of the molecule is Cc1c(C(C)NC(=O)CCCCCl)cnn1C. The van der Waals surface area contributed by atoms with Gasteiger partial charge < -0.3 is 5.32 Å². The molecule has 1 unspecified atom stereocenters. The van der Waals surface area contributed by atoms with Gasteiger partial charge >= 0.3 is 0 Å². The van der Waals surface area contributed by atoms with Gasteiger partial charge in [-0.05, 0) is 26.7 Å². The minimum Gasteiger partial charge on any atom is -0.349 e. The molecule has 4 nitrogen and oxygen atoms in total. The van der Waals surface area contributed by atoms with Gasteiger partial charge in [0, 0.05) is 30.6 Å². The Morgan fingerprint density at radius 2 is 2.29 bits per heavy atom. The lowest BCUT2D eigenvalue weighted by molar-refractivity contribution is -0.121. The number of aryl methyl sites for hydroxylation is 1. The molecule has 0 saturated carbocycles. The summed E-state index contributed by atoms with van der Waals surface area (Å²) in [5, 5.41) is 7.14. The zero-order valence-corrected chi connectivity index (χ0v) is 11.4. The van der Waals surface area contributed by atoms with E-state index in [2.05, 4.69) is 10.4 Å². The number of hydrogen-bond acceptors (Lipinski definition) is 2. The Morgan fingerprint density at radius 3 is 2.82 bits per heavy atom. The first kappa shape index (κ1) is 14.0. The number of hydrogen-bond donors (Lipinski definition) is 1. The van der Waals surface area contributed by atoms with Gasteiger partial charge in [0.05, 0.1) is 12.2 Å². The van der Waals surface area contributed by atoms with Crippen LogP contribution in [0.2, 0.25) is 0 Å². The minimum atomic E-state index is 0.00667. The maximum absolute atomic E-state index is 11.6. The number of carbonyl (C=O) groups excluding carboxylic acids is 1. The number of nitrogens with one attached hydrogen (secondary N) is 1. The lowest BCUT2D eigenvalue weighted by Crippen LogP contribution is -2.26. The zero-order valence-electron chi connectivity index (χ0n) is 10.7. The lowest BCUT2D eigenvalue weighted by Gasteiger charge is -2.13. The highest BCUT2D eigenvalue weighted by atomic mass is 35.5. The van der Waals surface area contributed by atoms with Gasteiger partial charge in [-0.1, -0.05) is 0 Å². The number of halogens is 1. The molecular formula is C12H20ClN3O. The van der Waals surface area contributed by atoms with Crippen LogP contribution in [0.1, 0.15) is 43.5 Å². The summed E-state index contributed by atoms with van der Waals surface area (Å²) in [4.78, 5) is 11.6. The molecule has 1 aromatic heterocycles. The molecule has 1 atom stereocenters. The summed E-state index contributed by atoms with van der Waals surface area (Å²) < 4.78 is 1.81. The second-order valence-corrected chi connectivity index (χ2v) is 4.62. The van der Waals surface area contributed by atoms with E-state index in [4.69, 9.17) is 11.6 Å². The van der Waals surface area contributed by atoms with E-state index in [0.29, 0.717) is 12.3 Å². The van der Waals surface area contributed by atoms with Crippen molar-refractivity contribution in [2.45, 2.75) is 39.2 Å². The fourth-order valence-corrected chi connectivity index (χ4v) is 1.90. The molecule has 1 amide bonds. The van der Waals surface area contributed by atoms with E-state index in [0.717, 1.165) is 24.1 Å². The van der Waals surface area contributed by atoms with Gasteiger partial charge in [-0.3, -0.25) is 9.48 Å². The molecule has 0 spiro atoms. The summed E-state index contributed by atoms with van der Waals surface area (Å²) >= 11 is 5.57. The van der Waals surface area contributed by atoms with E-state index < -0.39 is 0 Å². The molecule has 0 radical (unpaired) electrons. The summed E-state index contributed by atoms with van der Waals surface area (Å²) in [5.74, 6) is 0.691. The second-order valence-electron chi connectivity index (χ2n) is 4.24. The van der Waals surface area contributed by atoms with Crippen LogP contribution in [-0.4, -0.2) is 21.6 Å². The maximum Gasteiger partial charge on any atom is 0.220 e. The summed E-state index contributed by atoms with van der Waals surface area (Å²) in [5.41, 5.74) is 2.15. The van der Waals surface area contributed by atoms with E-state index >= 15 is 0 Å². The molecule has 1 rings (SSSR count). The average molecular weight is 258 g/mol. The average Bonchev–Trinajstić information content (AvgIpc) is 2.60. The molecule has 0 aliphatic rings. The van der Waals surface area contributed by atoms with Crippen molar-refractivity contribution in [3.63, 3.8) is 0 Å². The van der Waals surface area contributed by atoms with Crippen molar-refractivity contribution in [3.05, 3.63) is 17.5 Å². The van der Waals surface area contributed by atoms with Gasteiger partial charge in [-0.2, -0.15) is 5.10 Å². The standard InChI is InChI=1S/C12H20ClN3O/c1-9(11-8-14-16(3)10(11)2)15-12(17)6-4-5-7-13/h8-9H,4-7H2,1-3H3,(H,15,17). The fraction of sp³-hybridized carbons (Fsp3) is 0.667. The van der Waals surface area contributed by atoms with Crippen molar-refractivity contribution in [1.29, 1.82) is 0 Å². The first-order valence-corrected chi connectivity index (χ1v) is 6.43. The van der Waals surface area contributed by atoms with Crippen LogP contribution in [0.5, 0.6) is 0 Å². The highest BCUT2D eigenvalue weighted by Crippen LogP contribution is 2.16. The first-order valence-electron chi connectivity index (χ1n) is 5.90. The van der Waals surface area contributed by atoms with Crippen molar-refractivity contribution < 1.29 is 4.79 Å². The van der Waals surface area contributed by atoms with E-state index in [9.17, 15) is 4.79 Å². The third-order valence-electron chi connectivity index (χ3n) is 2.90. The van der Waals surface area contributed by atoms with E-state index in [1.165, 1.54) is 0 Å². The number of alkyl halides is 1. The Kier molecular flexibility index (Phi) is 5.48. The number of amides is 1. The quantitative estimate of drug-likeness (QED) is 0.628. The van der Waals surface area contributed by atoms with Gasteiger partial charge in [0.15, 0.2) is 0 Å². The van der Waals surface area contributed by atoms with Crippen LogP contribution in [-0.2, 0) is 11.8 Å². The molecule has 17 heavy (non-hydrogen) atoms. The van der Waals surface area contributed by atoms with Gasteiger partial charge in [-0.15, -0.1) is 11.6 Å². The van der Waals surface area contributed by atoms with Crippen molar-refractivity contribution >= 4 is 17.5 Å². The summed E-state index contributed by atoms with van der Waals surface area (Å²) in [6.07, 6.45) is 4.07. The Hall–Kier alpha value is -1.03. The number of unbranched alkanes of at least 4 members (excludes halogenated alkanes) is 1. The molecule has 0 fully saturated rings. The Bertz CT molecular complexity index is 376. The number of nitrogens with zero attached hydrogens (tertiary/aromatic N) is 2. The topological polar surface area (TPSA) is 46.9 Å². The lowest BCUT2D eigenvalue weighted by atomic mass is 10.1. The monoisotopic (exact) mass is 257 g/mol. The van der Waals surface area contributed by atoms with E-state index in [-0.39, 0.29) is 11.9 Å². The van der Waals surface area contributed by atoms with E-state index in [1.54, 1.807) is 6.20 Å². The third-order valence-corrected chi connectivity index (χ3v) is 3.17. The van der Waals surface area contributed by atoms with Crippen molar-refractivity contribution in [2.75, 3.05) is 5.88 Å². The normalized spacial score (nSPS) is 12.5. The predicted octanol–water partition coefficient (Wildman–Crippen LogP) is 2.31. The highest BCUT2D eigenvalue weighted by molar-refractivity contribution is 6.17. The Labute approximate surface area is 107 Å². The van der Waals surface area contributed by atoms with Crippen LogP contribution >= 0.6 is 11.6 Å². The van der Waals surface area contributed by atoms with Gasteiger partial charge in [0.2, 0.25) is 5.91 Å². The third kappa shape index (κ3) is 4.04. The van der Waals surface area contributed by atoms with Gasteiger partial charge in [0.1, 0.15) is 0 Å². The van der Waals surface area contributed by atoms with Crippen molar-refractivity contribution in [3.8, 4) is 0 Å². The molecule has 1 heterocycles. The van der Waals surface area contributed by atoms with Crippen LogP contribution in [0.25, 0.3) is 0 Å². The van der Waals surface area contributed by atoms with Gasteiger partial charge in [0.25, 0.3) is 0 Å². The van der Waals surface area contributed by atoms with Crippen molar-refractivity contribution in [2.24, 2.45) is 7.05 Å². The molecule has 0 aliphatic carbocycles. The summed E-state index contributed by atoms with van der Waals surface area (Å²) in [6.45, 7) is 3.97. The van der Waals surface area contributed by atoms with Crippen LogP contribution in [0.15, 0.2) is 6.20 Å². The first-order chi connectivity index (χ1) is 8.06. The van der Waals surface area contributed by atoms with Crippen LogP contribution in [0.4, 0.5) is 0 Å².